The number of ether oxygens (including phenoxy) is 3. The summed E-state index contributed by atoms with van der Waals surface area (Å²) in [6.07, 6.45) is 49.6. The summed E-state index contributed by atoms with van der Waals surface area (Å²) in [6.45, 7) is 4.52. The Bertz CT molecular complexity index is 1130. The molecular weight excluding hydrogens is 727 g/mol. The molecule has 0 aromatic heterocycles. The Kier molecular flexibility index (Phi) is 38.7. The fourth-order valence-corrected chi connectivity index (χ4v) is 6.53. The summed E-state index contributed by atoms with van der Waals surface area (Å²) < 4.78 is 17.2. The zero-order chi connectivity index (χ0) is 42.8. The highest BCUT2D eigenvalue weighted by Gasteiger charge is 2.25. The first kappa shape index (κ1) is 55.0. The highest BCUT2D eigenvalue weighted by molar-refractivity contribution is 5.70. The number of rotatable bonds is 41. The van der Waals surface area contributed by atoms with Gasteiger partial charge in [0, 0.05) is 19.3 Å². The molecule has 2 atom stereocenters. The number of carboxylic acids is 1. The zero-order valence-corrected chi connectivity index (χ0v) is 37.9. The van der Waals surface area contributed by atoms with Gasteiger partial charge in [-0.1, -0.05) is 152 Å². The summed E-state index contributed by atoms with van der Waals surface area (Å²) in [5, 5.41) is 11.6. The van der Waals surface area contributed by atoms with Crippen molar-refractivity contribution in [3.8, 4) is 0 Å². The molecule has 0 radical (unpaired) electrons. The third-order valence-corrected chi connectivity index (χ3v) is 10.1. The first-order valence-corrected chi connectivity index (χ1v) is 23.3. The summed E-state index contributed by atoms with van der Waals surface area (Å²) in [6, 6.07) is -0.732. The smallest absolute Gasteiger partial charge is 0.306 e. The predicted octanol–water partition coefficient (Wildman–Crippen LogP) is 11.6. The number of likely N-dealkylation sites (N-methyl/N-ethyl adjacent to an activating group) is 1. The monoisotopic (exact) mass is 814 g/mol. The van der Waals surface area contributed by atoms with Crippen LogP contribution in [0.25, 0.3) is 0 Å². The molecule has 8 heteroatoms. The number of nitrogens with zero attached hydrogens (tertiary/aromatic N) is 1. The van der Waals surface area contributed by atoms with E-state index in [0.29, 0.717) is 12.8 Å². The lowest BCUT2D eigenvalue weighted by molar-refractivity contribution is -0.889. The minimum atomic E-state index is -1.13. The van der Waals surface area contributed by atoms with Crippen LogP contribution in [0.5, 0.6) is 0 Å². The molecule has 0 bridgehead atoms. The van der Waals surface area contributed by atoms with Crippen LogP contribution in [0.15, 0.2) is 60.8 Å². The van der Waals surface area contributed by atoms with Crippen LogP contribution < -0.4 is 5.11 Å². The topological polar surface area (TPSA) is 102 Å². The number of hydrogen-bond donors (Lipinski definition) is 0. The SMILES string of the molecule is CC/C=C/C/C=C/C/C=C/C/C=C/CCCCCCCCCC(=O)OC(COCCC(C(=O)[O-])[N+](C)(C)C)COC(=O)CCCCC/C=C/CCCCCCCCC. The molecule has 0 N–H and O–H groups in total. The zero-order valence-electron chi connectivity index (χ0n) is 37.9. The third-order valence-electron chi connectivity index (χ3n) is 10.1. The third kappa shape index (κ3) is 38.5. The molecule has 0 aliphatic heterocycles. The normalized spacial score (nSPS) is 13.5. The molecule has 0 aliphatic rings. The quantitative estimate of drug-likeness (QED) is 0.0262. The molecule has 2 unspecified atom stereocenters. The molecular formula is C50H87NO7. The summed E-state index contributed by atoms with van der Waals surface area (Å²) in [5.41, 5.74) is 0. The Balaban J connectivity index is 4.35. The second kappa shape index (κ2) is 40.8. The molecule has 0 aromatic rings. The maximum Gasteiger partial charge on any atom is 0.306 e. The van der Waals surface area contributed by atoms with Crippen molar-refractivity contribution in [3.63, 3.8) is 0 Å². The predicted molar refractivity (Wildman–Crippen MR) is 240 cm³/mol. The Morgan fingerprint density at radius 2 is 0.966 bits per heavy atom. The molecule has 0 amide bonds. The van der Waals surface area contributed by atoms with Gasteiger partial charge in [0.05, 0.1) is 40.3 Å². The number of aliphatic carboxylic acids is 1. The molecule has 58 heavy (non-hydrogen) atoms. The van der Waals surface area contributed by atoms with Crippen molar-refractivity contribution in [1.29, 1.82) is 0 Å². The van der Waals surface area contributed by atoms with Crippen molar-refractivity contribution >= 4 is 17.9 Å². The van der Waals surface area contributed by atoms with Crippen LogP contribution in [0.3, 0.4) is 0 Å². The van der Waals surface area contributed by atoms with E-state index in [1.807, 2.05) is 0 Å². The highest BCUT2D eigenvalue weighted by Crippen LogP contribution is 2.13. The molecule has 334 valence electrons. The minimum absolute atomic E-state index is 0.0298. The van der Waals surface area contributed by atoms with Gasteiger partial charge in [-0.25, -0.2) is 0 Å². The van der Waals surface area contributed by atoms with E-state index >= 15 is 0 Å². The maximum atomic E-state index is 12.7. The van der Waals surface area contributed by atoms with E-state index in [1.54, 1.807) is 21.1 Å². The first-order valence-electron chi connectivity index (χ1n) is 23.3. The van der Waals surface area contributed by atoms with Crippen molar-refractivity contribution < 1.29 is 38.2 Å². The van der Waals surface area contributed by atoms with Crippen molar-refractivity contribution in [2.24, 2.45) is 0 Å². The van der Waals surface area contributed by atoms with Crippen LogP contribution >= 0.6 is 0 Å². The fraction of sp³-hybridized carbons (Fsp3) is 0.740. The number of allylic oxidation sites excluding steroid dienone is 10. The van der Waals surface area contributed by atoms with Crippen LogP contribution in [0.1, 0.15) is 187 Å². The Morgan fingerprint density at radius 3 is 1.47 bits per heavy atom. The average molecular weight is 814 g/mol. The van der Waals surface area contributed by atoms with Gasteiger partial charge in [0.1, 0.15) is 12.6 Å². The molecule has 0 saturated carbocycles. The van der Waals surface area contributed by atoms with Gasteiger partial charge in [0.2, 0.25) is 0 Å². The van der Waals surface area contributed by atoms with Crippen LogP contribution in [0.2, 0.25) is 0 Å². The number of carbonyl (C=O) groups is 3. The van der Waals surface area contributed by atoms with Gasteiger partial charge in [-0.05, 0) is 77.0 Å². The average Bonchev–Trinajstić information content (AvgIpc) is 3.18. The Hall–Kier alpha value is -2.97. The maximum absolute atomic E-state index is 12.7. The van der Waals surface area contributed by atoms with Crippen LogP contribution in [-0.4, -0.2) is 75.5 Å². The largest absolute Gasteiger partial charge is 0.544 e. The van der Waals surface area contributed by atoms with E-state index < -0.39 is 18.1 Å². The second-order valence-corrected chi connectivity index (χ2v) is 16.6. The van der Waals surface area contributed by atoms with Crippen LogP contribution in [-0.2, 0) is 28.6 Å². The van der Waals surface area contributed by atoms with E-state index in [0.717, 1.165) is 89.9 Å². The Morgan fingerprint density at radius 1 is 0.534 bits per heavy atom. The van der Waals surface area contributed by atoms with E-state index in [-0.39, 0.29) is 42.7 Å². The van der Waals surface area contributed by atoms with Gasteiger partial charge in [-0.3, -0.25) is 9.59 Å². The van der Waals surface area contributed by atoms with Gasteiger partial charge in [-0.15, -0.1) is 0 Å². The van der Waals surface area contributed by atoms with Crippen LogP contribution in [0.4, 0.5) is 0 Å². The van der Waals surface area contributed by atoms with Gasteiger partial charge in [0.25, 0.3) is 0 Å². The molecule has 0 rings (SSSR count). The van der Waals surface area contributed by atoms with E-state index in [9.17, 15) is 19.5 Å². The molecule has 0 aliphatic carbocycles. The lowest BCUT2D eigenvalue weighted by Gasteiger charge is -2.34. The van der Waals surface area contributed by atoms with Gasteiger partial charge < -0.3 is 28.6 Å². The molecule has 0 aromatic carbocycles. The summed E-state index contributed by atoms with van der Waals surface area (Å²) >= 11 is 0. The van der Waals surface area contributed by atoms with Crippen molar-refractivity contribution in [3.05, 3.63) is 60.8 Å². The summed E-state index contributed by atoms with van der Waals surface area (Å²) in [7, 11) is 5.40. The van der Waals surface area contributed by atoms with E-state index in [1.165, 1.54) is 64.2 Å². The lowest BCUT2D eigenvalue weighted by atomic mass is 10.1. The number of hydrogen-bond acceptors (Lipinski definition) is 7. The van der Waals surface area contributed by atoms with Crippen molar-refractivity contribution in [2.45, 2.75) is 199 Å². The van der Waals surface area contributed by atoms with Crippen LogP contribution in [0, 0.1) is 0 Å². The van der Waals surface area contributed by atoms with Crippen molar-refractivity contribution in [1.82, 2.24) is 0 Å². The van der Waals surface area contributed by atoms with E-state index in [4.69, 9.17) is 14.2 Å². The van der Waals surface area contributed by atoms with Gasteiger partial charge in [-0.2, -0.15) is 0 Å². The van der Waals surface area contributed by atoms with Crippen molar-refractivity contribution in [2.75, 3.05) is 41.0 Å². The second-order valence-electron chi connectivity index (χ2n) is 16.6. The molecule has 0 heterocycles. The fourth-order valence-electron chi connectivity index (χ4n) is 6.53. The summed E-state index contributed by atoms with van der Waals surface area (Å²) in [5.74, 6) is -1.77. The van der Waals surface area contributed by atoms with Gasteiger partial charge in [0.15, 0.2) is 6.10 Å². The lowest BCUT2D eigenvalue weighted by Crippen LogP contribution is -2.55. The molecule has 0 saturated heterocycles. The number of carbonyl (C=O) groups excluding carboxylic acids is 3. The number of esters is 2. The molecule has 0 spiro atoms. The number of unbranched alkanes of at least 4 members (excludes halogenated alkanes) is 17. The van der Waals surface area contributed by atoms with E-state index in [2.05, 4.69) is 74.6 Å². The number of quaternary nitrogens is 1. The minimum Gasteiger partial charge on any atom is -0.544 e. The highest BCUT2D eigenvalue weighted by atomic mass is 16.6. The number of carboxylic acid groups (broad SMARTS) is 1. The first-order chi connectivity index (χ1) is 28.1. The van der Waals surface area contributed by atoms with Gasteiger partial charge >= 0.3 is 11.9 Å². The molecule has 0 fully saturated rings. The molecule has 8 nitrogen and oxygen atoms in total. The Labute approximate surface area is 356 Å². The standard InChI is InChI=1S/C50H87NO7/c1-6-8-10-12-14-16-18-20-22-23-24-25-26-27-29-31-33-35-37-39-41-49(53)58-46(44-56-43-42-47(50(54)55)51(3,4)5)45-57-48(52)40-38-36-34-32-30-28-21-19-17-15-13-11-9-7-2/h8,10,14,16,20,22,24-25,28,30,46-47H,6-7,9,11-13,15,17-19,21,23,26-27,29,31-45H2,1-5H3/b10-8+,16-14+,22-20+,25-24+,30-28+. The summed E-state index contributed by atoms with van der Waals surface area (Å²) in [4.78, 5) is 36.9.